The van der Waals surface area contributed by atoms with E-state index in [1.165, 1.54) is 0 Å². The minimum Gasteiger partial charge on any atom is -0.466 e. The maximum atomic E-state index is 12.1. The molecule has 0 unspecified atom stereocenters. The van der Waals surface area contributed by atoms with Crippen LogP contribution >= 0.6 is 0 Å². The quantitative estimate of drug-likeness (QED) is 0.111. The van der Waals surface area contributed by atoms with Crippen LogP contribution in [0.5, 0.6) is 0 Å². The lowest BCUT2D eigenvalue weighted by atomic mass is 10.3. The van der Waals surface area contributed by atoms with Gasteiger partial charge in [0.2, 0.25) is 0 Å². The van der Waals surface area contributed by atoms with Crippen LogP contribution in [0.25, 0.3) is 0 Å². The van der Waals surface area contributed by atoms with Gasteiger partial charge in [-0.25, -0.2) is 0 Å². The lowest BCUT2D eigenvalue weighted by Gasteiger charge is -2.28. The van der Waals surface area contributed by atoms with E-state index in [9.17, 15) is 9.59 Å². The van der Waals surface area contributed by atoms with Crippen LogP contribution in [0.2, 0.25) is 12.1 Å². The van der Waals surface area contributed by atoms with Gasteiger partial charge < -0.3 is 36.0 Å². The van der Waals surface area contributed by atoms with Crippen LogP contribution in [0, 0.1) is 0 Å². The van der Waals surface area contributed by atoms with Gasteiger partial charge in [-0.15, -0.1) is 0 Å². The van der Waals surface area contributed by atoms with E-state index in [0.717, 1.165) is 0 Å². The van der Waals surface area contributed by atoms with Gasteiger partial charge in [-0.05, 0) is 54.4 Å². The number of unbranched alkanes of at least 4 members (excludes halogenated alkanes) is 1. The molecule has 202 valence electrons. The van der Waals surface area contributed by atoms with E-state index in [-0.39, 0.29) is 38.0 Å². The fourth-order valence-electron chi connectivity index (χ4n) is 3.23. The predicted molar refractivity (Wildman–Crippen MR) is 131 cm³/mol. The maximum Gasteiger partial charge on any atom is 0.501 e. The molecule has 0 aromatic heterocycles. The van der Waals surface area contributed by atoms with Crippen LogP contribution in [0.1, 0.15) is 67.2 Å². The van der Waals surface area contributed by atoms with Gasteiger partial charge in [0.25, 0.3) is 0 Å². The van der Waals surface area contributed by atoms with E-state index < -0.39 is 17.6 Å². The van der Waals surface area contributed by atoms with E-state index in [2.05, 4.69) is 0 Å². The number of hydrogen-bond donors (Lipinski definition) is 0. The third-order valence-corrected chi connectivity index (χ3v) is 10.6. The summed E-state index contributed by atoms with van der Waals surface area (Å²) in [4.78, 5) is 24.2. The number of carbonyl (C=O) groups is 2. The molecule has 0 radical (unpaired) electrons. The monoisotopic (exact) mass is 526 g/mol. The van der Waals surface area contributed by atoms with Crippen LogP contribution in [-0.4, -0.2) is 82.4 Å². The van der Waals surface area contributed by atoms with Crippen molar-refractivity contribution in [3.05, 3.63) is 0 Å². The second-order valence-electron chi connectivity index (χ2n) is 7.11. The number of hydrogen-bond acceptors (Lipinski definition) is 10. The lowest BCUT2D eigenvalue weighted by molar-refractivity contribution is -0.146. The Kier molecular flexibility index (Phi) is 19.8. The van der Waals surface area contributed by atoms with Gasteiger partial charge in [0.1, 0.15) is 0 Å². The van der Waals surface area contributed by atoms with E-state index in [0.29, 0.717) is 64.6 Å². The van der Waals surface area contributed by atoms with Crippen LogP contribution < -0.4 is 0 Å². The average molecular weight is 527 g/mol. The Morgan fingerprint density at radius 3 is 1.00 bits per heavy atom. The Bertz CT molecular complexity index is 456. The first-order chi connectivity index (χ1) is 16.4. The van der Waals surface area contributed by atoms with Crippen molar-refractivity contribution in [2.75, 3.05) is 52.9 Å². The zero-order chi connectivity index (χ0) is 25.7. The minimum atomic E-state index is -2.85. The predicted octanol–water partition coefficient (Wildman–Crippen LogP) is 3.73. The van der Waals surface area contributed by atoms with Crippen LogP contribution in [0.15, 0.2) is 0 Å². The summed E-state index contributed by atoms with van der Waals surface area (Å²) in [6, 6.07) is 0.768. The first-order valence-corrected chi connectivity index (χ1v) is 16.4. The molecule has 0 atom stereocenters. The van der Waals surface area contributed by atoms with Crippen molar-refractivity contribution in [1.82, 2.24) is 0 Å². The molecule has 0 heterocycles. The molecule has 0 aliphatic rings. The lowest BCUT2D eigenvalue weighted by Crippen LogP contribution is -2.46. The standard InChI is InChI=1S/C22H46O10Si2/c1-7-27-33(28-8-2,29-9-3)19-15-21(23)25-17-13-14-18-26-22(24)16-20-34(30-10-4,31-11-5)32-12-6/h7-20H2,1-6H3. The maximum absolute atomic E-state index is 12.1. The first kappa shape index (κ1) is 33.1. The molecular weight excluding hydrogens is 480 g/mol. The molecule has 0 bridgehead atoms. The molecule has 34 heavy (non-hydrogen) atoms. The van der Waals surface area contributed by atoms with E-state index in [1.54, 1.807) is 0 Å². The van der Waals surface area contributed by atoms with Crippen molar-refractivity contribution < 1.29 is 45.6 Å². The van der Waals surface area contributed by atoms with Crippen molar-refractivity contribution in [3.8, 4) is 0 Å². The average Bonchev–Trinajstić information content (AvgIpc) is 2.80. The molecule has 0 saturated carbocycles. The largest absolute Gasteiger partial charge is 0.501 e. The van der Waals surface area contributed by atoms with E-state index in [1.807, 2.05) is 41.5 Å². The molecule has 0 aromatic carbocycles. The van der Waals surface area contributed by atoms with Gasteiger partial charge in [0.05, 0.1) is 13.2 Å². The molecular formula is C22H46O10Si2. The topological polar surface area (TPSA) is 108 Å². The number of ether oxygens (including phenoxy) is 2. The highest BCUT2D eigenvalue weighted by molar-refractivity contribution is 6.61. The van der Waals surface area contributed by atoms with Gasteiger partial charge in [-0.3, -0.25) is 9.59 Å². The normalized spacial score (nSPS) is 12.1. The summed E-state index contributed by atoms with van der Waals surface area (Å²) in [5.74, 6) is -0.644. The molecule has 0 rings (SSSR count). The molecule has 0 amide bonds. The molecule has 0 aliphatic heterocycles. The summed E-state index contributed by atoms with van der Waals surface area (Å²) >= 11 is 0. The molecule has 10 nitrogen and oxygen atoms in total. The van der Waals surface area contributed by atoms with E-state index in [4.69, 9.17) is 36.0 Å². The van der Waals surface area contributed by atoms with Crippen molar-refractivity contribution in [3.63, 3.8) is 0 Å². The molecule has 0 N–H and O–H groups in total. The fourth-order valence-corrected chi connectivity index (χ4v) is 8.26. The Balaban J connectivity index is 4.18. The van der Waals surface area contributed by atoms with Crippen LogP contribution in [0.3, 0.4) is 0 Å². The Hall–Kier alpha value is -0.866. The fraction of sp³-hybridized carbons (Fsp3) is 0.909. The number of rotatable bonds is 23. The number of esters is 2. The molecule has 0 fully saturated rings. The Labute approximate surface area is 207 Å². The van der Waals surface area contributed by atoms with Gasteiger partial charge in [-0.1, -0.05) is 0 Å². The van der Waals surface area contributed by atoms with Crippen molar-refractivity contribution in [1.29, 1.82) is 0 Å². The summed E-state index contributed by atoms with van der Waals surface area (Å²) in [6.45, 7) is 14.6. The Morgan fingerprint density at radius 1 is 0.500 bits per heavy atom. The molecule has 0 saturated heterocycles. The summed E-state index contributed by atoms with van der Waals surface area (Å²) in [7, 11) is -5.70. The summed E-state index contributed by atoms with van der Waals surface area (Å²) < 4.78 is 45.0. The zero-order valence-corrected chi connectivity index (χ0v) is 24.0. The summed E-state index contributed by atoms with van der Waals surface area (Å²) in [5, 5.41) is 0. The summed E-state index contributed by atoms with van der Waals surface area (Å²) in [5.41, 5.74) is 0. The highest BCUT2D eigenvalue weighted by Crippen LogP contribution is 2.20. The van der Waals surface area contributed by atoms with Gasteiger partial charge in [-0.2, -0.15) is 0 Å². The van der Waals surface area contributed by atoms with Gasteiger partial charge in [0.15, 0.2) is 0 Å². The highest BCUT2D eigenvalue weighted by Gasteiger charge is 2.41. The molecule has 0 spiro atoms. The molecule has 12 heteroatoms. The molecule has 0 aromatic rings. The second kappa shape index (κ2) is 20.3. The zero-order valence-electron chi connectivity index (χ0n) is 22.0. The van der Waals surface area contributed by atoms with Gasteiger partial charge >= 0.3 is 29.5 Å². The van der Waals surface area contributed by atoms with Crippen molar-refractivity contribution >= 4 is 29.5 Å². The first-order valence-electron chi connectivity index (χ1n) is 12.5. The van der Waals surface area contributed by atoms with E-state index >= 15 is 0 Å². The van der Waals surface area contributed by atoms with Gasteiger partial charge in [0, 0.05) is 64.6 Å². The smallest absolute Gasteiger partial charge is 0.466 e. The molecule has 0 aliphatic carbocycles. The third-order valence-electron chi connectivity index (χ3n) is 4.52. The van der Waals surface area contributed by atoms with Crippen LogP contribution in [0.4, 0.5) is 0 Å². The highest BCUT2D eigenvalue weighted by atomic mass is 28.4. The van der Waals surface area contributed by atoms with Crippen molar-refractivity contribution in [2.45, 2.75) is 79.3 Å². The minimum absolute atomic E-state index is 0.173. The Morgan fingerprint density at radius 2 is 0.765 bits per heavy atom. The SMILES string of the molecule is CCO[Si](CCC(=O)OCCCCOC(=O)CC[Si](OCC)(OCC)OCC)(OCC)OCC. The second-order valence-corrected chi connectivity index (χ2v) is 12.6. The van der Waals surface area contributed by atoms with Crippen LogP contribution in [-0.2, 0) is 45.6 Å². The third kappa shape index (κ3) is 14.5. The van der Waals surface area contributed by atoms with Crippen molar-refractivity contribution in [2.24, 2.45) is 0 Å². The number of carbonyl (C=O) groups excluding carboxylic acids is 2. The summed E-state index contributed by atoms with van der Waals surface area (Å²) in [6.07, 6.45) is 1.54.